The van der Waals surface area contributed by atoms with Crippen LogP contribution in [0.25, 0.3) is 69.4 Å². The minimum atomic E-state index is 0.509. The lowest BCUT2D eigenvalue weighted by molar-refractivity contribution is 1.08. The molecule has 8 rings (SSSR count). The van der Waals surface area contributed by atoms with Gasteiger partial charge in [-0.25, -0.2) is 0 Å². The average molecular weight is 452 g/mol. The number of pyridine rings is 2. The lowest BCUT2D eigenvalue weighted by atomic mass is 10.0. The Labute approximate surface area is 198 Å². The molecule has 4 aromatic carbocycles. The fourth-order valence-electron chi connectivity index (χ4n) is 5.50. The van der Waals surface area contributed by atoms with Crippen LogP contribution in [0.3, 0.4) is 0 Å². The van der Waals surface area contributed by atoms with E-state index < -0.39 is 0 Å². The summed E-state index contributed by atoms with van der Waals surface area (Å²) in [6.45, 7) is 0. The fourth-order valence-corrected chi connectivity index (χ4v) is 6.58. The number of benzene rings is 4. The highest BCUT2D eigenvalue weighted by molar-refractivity contribution is 7.25. The number of nitrogens with one attached hydrogen (secondary N) is 1. The SMILES string of the molecule is N=c1c2ccccc2c2nccc3c4cc(-c5ccc6sc7ccccc7c6c5)ccc4n1c32. The Balaban J connectivity index is 1.46. The van der Waals surface area contributed by atoms with Crippen LogP contribution in [0.15, 0.2) is 97.2 Å². The third-order valence-corrected chi connectivity index (χ3v) is 8.20. The second kappa shape index (κ2) is 6.40. The molecule has 4 heteroatoms. The van der Waals surface area contributed by atoms with Crippen molar-refractivity contribution >= 4 is 69.6 Å². The zero-order chi connectivity index (χ0) is 22.4. The molecule has 8 aromatic rings. The lowest BCUT2D eigenvalue weighted by Gasteiger charge is -2.06. The van der Waals surface area contributed by atoms with Crippen LogP contribution >= 0.6 is 11.3 Å². The van der Waals surface area contributed by atoms with E-state index in [-0.39, 0.29) is 0 Å². The van der Waals surface area contributed by atoms with Crippen LogP contribution in [-0.2, 0) is 0 Å². The number of thiophene rings is 1. The molecule has 0 radical (unpaired) electrons. The van der Waals surface area contributed by atoms with Crippen molar-refractivity contribution in [3.05, 3.63) is 103 Å². The van der Waals surface area contributed by atoms with Gasteiger partial charge in [-0.15, -0.1) is 11.3 Å². The highest BCUT2D eigenvalue weighted by Crippen LogP contribution is 2.38. The van der Waals surface area contributed by atoms with Gasteiger partial charge < -0.3 is 0 Å². The van der Waals surface area contributed by atoms with Crippen LogP contribution in [0.1, 0.15) is 0 Å². The van der Waals surface area contributed by atoms with Crippen LogP contribution in [0.5, 0.6) is 0 Å². The minimum Gasteiger partial charge on any atom is -0.292 e. The summed E-state index contributed by atoms with van der Waals surface area (Å²) in [6, 6.07) is 32.2. The molecule has 158 valence electrons. The third kappa shape index (κ3) is 2.25. The molecule has 0 saturated carbocycles. The molecule has 0 aliphatic rings. The van der Waals surface area contributed by atoms with Crippen LogP contribution in [0.2, 0.25) is 0 Å². The van der Waals surface area contributed by atoms with Gasteiger partial charge in [0.25, 0.3) is 0 Å². The first kappa shape index (κ1) is 18.2. The van der Waals surface area contributed by atoms with E-state index in [1.54, 1.807) is 0 Å². The maximum absolute atomic E-state index is 8.99. The predicted octanol–water partition coefficient (Wildman–Crippen LogP) is 7.75. The van der Waals surface area contributed by atoms with Gasteiger partial charge >= 0.3 is 0 Å². The first-order chi connectivity index (χ1) is 16.8. The minimum absolute atomic E-state index is 0.509. The molecule has 0 saturated heterocycles. The van der Waals surface area contributed by atoms with E-state index in [9.17, 15) is 0 Å². The van der Waals surface area contributed by atoms with Crippen molar-refractivity contribution in [1.29, 1.82) is 5.41 Å². The van der Waals surface area contributed by atoms with E-state index in [0.29, 0.717) is 5.49 Å². The summed E-state index contributed by atoms with van der Waals surface area (Å²) in [4.78, 5) is 4.73. The number of hydrogen-bond acceptors (Lipinski definition) is 3. The first-order valence-electron chi connectivity index (χ1n) is 11.3. The van der Waals surface area contributed by atoms with E-state index in [2.05, 4.69) is 77.2 Å². The summed E-state index contributed by atoms with van der Waals surface area (Å²) >= 11 is 1.85. The van der Waals surface area contributed by atoms with Gasteiger partial charge in [0.1, 0.15) is 5.49 Å². The van der Waals surface area contributed by atoms with Gasteiger partial charge in [0.2, 0.25) is 0 Å². The molecule has 0 aliphatic heterocycles. The maximum atomic E-state index is 8.99. The standard InChI is InChI=1S/C30H17N3S/c31-30-22-7-2-1-6-20(22)28-29-21(13-14-32-28)23-15-17(9-11-25(23)33(29)30)18-10-12-27-24(16-18)19-5-3-4-8-26(19)34-27/h1-16,31H. The zero-order valence-electron chi connectivity index (χ0n) is 18.0. The Morgan fingerprint density at radius 2 is 1.32 bits per heavy atom. The Hall–Kier alpha value is -4.28. The summed E-state index contributed by atoms with van der Waals surface area (Å²) in [5, 5.41) is 15.9. The summed E-state index contributed by atoms with van der Waals surface area (Å²) in [6.07, 6.45) is 1.89. The molecule has 1 N–H and O–H groups in total. The van der Waals surface area contributed by atoms with E-state index in [4.69, 9.17) is 10.4 Å². The van der Waals surface area contributed by atoms with Crippen molar-refractivity contribution in [3.63, 3.8) is 0 Å². The molecule has 4 heterocycles. The first-order valence-corrected chi connectivity index (χ1v) is 12.1. The molecule has 0 unspecified atom stereocenters. The van der Waals surface area contributed by atoms with Gasteiger partial charge in [-0.05, 0) is 47.5 Å². The van der Waals surface area contributed by atoms with E-state index >= 15 is 0 Å². The Bertz CT molecular complexity index is 2150. The Morgan fingerprint density at radius 3 is 2.21 bits per heavy atom. The molecule has 0 atom stereocenters. The van der Waals surface area contributed by atoms with Crippen molar-refractivity contribution in [2.24, 2.45) is 0 Å². The number of rotatable bonds is 1. The number of aromatic nitrogens is 2. The predicted molar refractivity (Wildman–Crippen MR) is 143 cm³/mol. The molecule has 4 aromatic heterocycles. The largest absolute Gasteiger partial charge is 0.292 e. The van der Waals surface area contributed by atoms with Gasteiger partial charge in [0, 0.05) is 47.9 Å². The summed E-state index contributed by atoms with van der Waals surface area (Å²) < 4.78 is 4.70. The van der Waals surface area contributed by atoms with Crippen molar-refractivity contribution in [3.8, 4) is 11.1 Å². The number of nitrogens with zero attached hydrogens (tertiary/aromatic N) is 2. The monoisotopic (exact) mass is 451 g/mol. The highest BCUT2D eigenvalue weighted by Gasteiger charge is 2.17. The summed E-state index contributed by atoms with van der Waals surface area (Å²) in [7, 11) is 0. The van der Waals surface area contributed by atoms with Gasteiger partial charge in [0.05, 0.1) is 16.6 Å². The lowest BCUT2D eigenvalue weighted by Crippen LogP contribution is -2.13. The highest BCUT2D eigenvalue weighted by atomic mass is 32.1. The molecule has 0 aliphatic carbocycles. The normalized spacial score (nSPS) is 12.2. The van der Waals surface area contributed by atoms with E-state index in [0.717, 1.165) is 38.1 Å². The maximum Gasteiger partial charge on any atom is 0.138 e. The number of hydrogen-bond donors (Lipinski definition) is 1. The van der Waals surface area contributed by atoms with E-state index in [1.165, 1.54) is 31.3 Å². The zero-order valence-corrected chi connectivity index (χ0v) is 18.9. The molecule has 3 nitrogen and oxygen atoms in total. The Kier molecular flexibility index (Phi) is 3.42. The second-order valence-electron chi connectivity index (χ2n) is 8.83. The fraction of sp³-hybridized carbons (Fsp3) is 0. The van der Waals surface area contributed by atoms with Crippen molar-refractivity contribution in [2.45, 2.75) is 0 Å². The molecule has 0 spiro atoms. The molecular formula is C30H17N3S. The van der Waals surface area contributed by atoms with Crippen molar-refractivity contribution < 1.29 is 0 Å². The molecule has 0 bridgehead atoms. The average Bonchev–Trinajstić information content (AvgIpc) is 3.43. The van der Waals surface area contributed by atoms with Crippen molar-refractivity contribution in [1.82, 2.24) is 9.38 Å². The number of fused-ring (bicyclic) bond motifs is 8. The van der Waals surface area contributed by atoms with Crippen LogP contribution in [-0.4, -0.2) is 9.38 Å². The molecule has 0 fully saturated rings. The molecular weight excluding hydrogens is 434 g/mol. The third-order valence-electron chi connectivity index (χ3n) is 7.05. The summed E-state index contributed by atoms with van der Waals surface area (Å²) in [5.41, 5.74) is 5.93. The van der Waals surface area contributed by atoms with Crippen LogP contribution in [0, 0.1) is 5.41 Å². The van der Waals surface area contributed by atoms with Gasteiger partial charge in [-0.2, -0.15) is 0 Å². The quantitative estimate of drug-likeness (QED) is 0.255. The van der Waals surface area contributed by atoms with Crippen LogP contribution < -0.4 is 5.49 Å². The van der Waals surface area contributed by atoms with E-state index in [1.807, 2.05) is 35.7 Å². The van der Waals surface area contributed by atoms with Gasteiger partial charge in [-0.1, -0.05) is 54.6 Å². The topological polar surface area (TPSA) is 41.2 Å². The molecule has 0 amide bonds. The Morgan fingerprint density at radius 1 is 0.618 bits per heavy atom. The smallest absolute Gasteiger partial charge is 0.138 e. The van der Waals surface area contributed by atoms with Gasteiger partial charge in [0.15, 0.2) is 0 Å². The molecule has 34 heavy (non-hydrogen) atoms. The van der Waals surface area contributed by atoms with Gasteiger partial charge in [-0.3, -0.25) is 14.8 Å². The second-order valence-corrected chi connectivity index (χ2v) is 9.91. The summed E-state index contributed by atoms with van der Waals surface area (Å²) in [5.74, 6) is 0. The van der Waals surface area contributed by atoms with Crippen LogP contribution in [0.4, 0.5) is 0 Å². The van der Waals surface area contributed by atoms with Crippen molar-refractivity contribution in [2.75, 3.05) is 0 Å².